The number of halogens is 1. The highest BCUT2D eigenvalue weighted by atomic mass is 79.9. The number of benzene rings is 2. The molecule has 2 aromatic carbocycles. The van der Waals surface area contributed by atoms with Crippen LogP contribution in [0.15, 0.2) is 53.0 Å². The van der Waals surface area contributed by atoms with E-state index in [2.05, 4.69) is 84.6 Å². The topological polar surface area (TPSA) is 44.6 Å². The van der Waals surface area contributed by atoms with Crippen LogP contribution in [-0.2, 0) is 11.3 Å². The van der Waals surface area contributed by atoms with Gasteiger partial charge in [0.15, 0.2) is 0 Å². The highest BCUT2D eigenvalue weighted by Crippen LogP contribution is 2.27. The lowest BCUT2D eigenvalue weighted by molar-refractivity contribution is -0.138. The number of nitrogens with zero attached hydrogens (tertiary/aromatic N) is 5. The minimum Gasteiger partial charge on any atom is -0.340 e. The Bertz CT molecular complexity index is 1150. The van der Waals surface area contributed by atoms with Crippen molar-refractivity contribution >= 4 is 32.9 Å². The molecule has 0 spiro atoms. The van der Waals surface area contributed by atoms with Crippen LogP contribution in [0.5, 0.6) is 0 Å². The van der Waals surface area contributed by atoms with Gasteiger partial charge in [-0.15, -0.1) is 0 Å². The molecule has 3 heterocycles. The number of likely N-dealkylation sites (tertiary alicyclic amines) is 1. The zero-order valence-corrected chi connectivity index (χ0v) is 22.3. The Morgan fingerprint density at radius 1 is 0.971 bits per heavy atom. The molecule has 0 atom stereocenters. The van der Waals surface area contributed by atoms with Crippen LogP contribution in [0, 0.1) is 5.92 Å². The molecule has 5 rings (SSSR count). The van der Waals surface area contributed by atoms with Crippen molar-refractivity contribution in [2.75, 3.05) is 45.8 Å². The van der Waals surface area contributed by atoms with Crippen LogP contribution in [0.1, 0.15) is 38.4 Å². The second kappa shape index (κ2) is 11.2. The average Bonchev–Trinajstić information content (AvgIpc) is 3.25. The number of imidazole rings is 1. The average molecular weight is 539 g/mol. The van der Waals surface area contributed by atoms with Crippen LogP contribution in [0.25, 0.3) is 16.7 Å². The van der Waals surface area contributed by atoms with Crippen molar-refractivity contribution in [3.8, 4) is 5.69 Å². The van der Waals surface area contributed by atoms with Crippen molar-refractivity contribution in [2.24, 2.45) is 5.92 Å². The Labute approximate surface area is 217 Å². The Kier molecular flexibility index (Phi) is 7.85. The predicted molar refractivity (Wildman–Crippen MR) is 145 cm³/mol. The standard InChI is InChI=1S/C28H36BrN5O/c1-2-3-13-31-16-18-33(19-17-31)28(35)22-11-14-32(15-12-22)21-27-30-25-9-4-5-10-26(25)34(27)24-8-6-7-23(29)20-24/h4-10,20,22H,2-3,11-19,21H2,1H3. The van der Waals surface area contributed by atoms with Gasteiger partial charge in [0.1, 0.15) is 5.82 Å². The lowest BCUT2D eigenvalue weighted by Crippen LogP contribution is -2.51. The number of para-hydroxylation sites is 2. The number of unbranched alkanes of at least 4 members (excludes halogenated alkanes) is 1. The molecule has 2 aliphatic rings. The van der Waals surface area contributed by atoms with E-state index >= 15 is 0 Å². The van der Waals surface area contributed by atoms with Gasteiger partial charge in [0.2, 0.25) is 5.91 Å². The number of piperidine rings is 1. The number of hydrogen-bond donors (Lipinski definition) is 0. The second-order valence-electron chi connectivity index (χ2n) is 9.90. The molecule has 6 nitrogen and oxygen atoms in total. The number of fused-ring (bicyclic) bond motifs is 1. The minimum atomic E-state index is 0.164. The van der Waals surface area contributed by atoms with E-state index in [1.807, 2.05) is 6.07 Å². The van der Waals surface area contributed by atoms with Gasteiger partial charge < -0.3 is 4.90 Å². The summed E-state index contributed by atoms with van der Waals surface area (Å²) in [5.41, 5.74) is 3.26. The molecule has 7 heteroatoms. The lowest BCUT2D eigenvalue weighted by atomic mass is 9.95. The molecular weight excluding hydrogens is 502 g/mol. The molecule has 1 aromatic heterocycles. The summed E-state index contributed by atoms with van der Waals surface area (Å²) in [7, 11) is 0. The monoisotopic (exact) mass is 537 g/mol. The zero-order chi connectivity index (χ0) is 24.2. The Morgan fingerprint density at radius 2 is 1.74 bits per heavy atom. The van der Waals surface area contributed by atoms with Crippen molar-refractivity contribution in [1.29, 1.82) is 0 Å². The number of rotatable bonds is 7. The van der Waals surface area contributed by atoms with Crippen molar-refractivity contribution in [2.45, 2.75) is 39.2 Å². The van der Waals surface area contributed by atoms with Gasteiger partial charge in [-0.1, -0.05) is 47.5 Å². The van der Waals surface area contributed by atoms with E-state index in [1.165, 1.54) is 19.4 Å². The van der Waals surface area contributed by atoms with Gasteiger partial charge in [0.05, 0.1) is 17.6 Å². The molecule has 0 unspecified atom stereocenters. The Morgan fingerprint density at radius 3 is 2.49 bits per heavy atom. The van der Waals surface area contributed by atoms with Crippen LogP contribution < -0.4 is 0 Å². The predicted octanol–water partition coefficient (Wildman–Crippen LogP) is 4.94. The first-order valence-corrected chi connectivity index (χ1v) is 13.9. The maximum Gasteiger partial charge on any atom is 0.225 e. The molecule has 0 aliphatic carbocycles. The van der Waals surface area contributed by atoms with Gasteiger partial charge in [-0.25, -0.2) is 4.98 Å². The van der Waals surface area contributed by atoms with E-state index in [-0.39, 0.29) is 5.92 Å². The minimum absolute atomic E-state index is 0.164. The lowest BCUT2D eigenvalue weighted by Gasteiger charge is -2.38. The first-order valence-electron chi connectivity index (χ1n) is 13.1. The van der Waals surface area contributed by atoms with Crippen LogP contribution >= 0.6 is 15.9 Å². The van der Waals surface area contributed by atoms with E-state index in [0.29, 0.717) is 5.91 Å². The number of hydrogen-bond acceptors (Lipinski definition) is 4. The molecule has 0 radical (unpaired) electrons. The van der Waals surface area contributed by atoms with Gasteiger partial charge in [0, 0.05) is 42.3 Å². The van der Waals surface area contributed by atoms with E-state index in [1.54, 1.807) is 0 Å². The number of carbonyl (C=O) groups excluding carboxylic acids is 1. The van der Waals surface area contributed by atoms with Gasteiger partial charge in [-0.05, 0) is 69.2 Å². The molecule has 1 amide bonds. The van der Waals surface area contributed by atoms with Crippen molar-refractivity contribution < 1.29 is 4.79 Å². The highest BCUT2D eigenvalue weighted by Gasteiger charge is 2.31. The number of carbonyl (C=O) groups is 1. The summed E-state index contributed by atoms with van der Waals surface area (Å²) < 4.78 is 3.33. The third-order valence-corrected chi connectivity index (χ3v) is 8.00. The largest absolute Gasteiger partial charge is 0.340 e. The summed E-state index contributed by atoms with van der Waals surface area (Å²) in [6.07, 6.45) is 4.36. The van der Waals surface area contributed by atoms with Gasteiger partial charge in [-0.2, -0.15) is 0 Å². The fourth-order valence-electron chi connectivity index (χ4n) is 5.46. The summed E-state index contributed by atoms with van der Waals surface area (Å²) in [6, 6.07) is 16.7. The van der Waals surface area contributed by atoms with E-state index in [4.69, 9.17) is 4.98 Å². The third kappa shape index (κ3) is 5.63. The van der Waals surface area contributed by atoms with Crippen LogP contribution in [0.3, 0.4) is 0 Å². The number of piperazine rings is 1. The summed E-state index contributed by atoms with van der Waals surface area (Å²) in [5, 5.41) is 0. The van der Waals surface area contributed by atoms with E-state index in [9.17, 15) is 4.79 Å². The fraction of sp³-hybridized carbons (Fsp3) is 0.500. The zero-order valence-electron chi connectivity index (χ0n) is 20.7. The summed E-state index contributed by atoms with van der Waals surface area (Å²) in [5.74, 6) is 1.59. The smallest absolute Gasteiger partial charge is 0.225 e. The Hall–Kier alpha value is -2.22. The van der Waals surface area contributed by atoms with Gasteiger partial charge in [-0.3, -0.25) is 19.2 Å². The normalized spacial score (nSPS) is 18.4. The summed E-state index contributed by atoms with van der Waals surface area (Å²) in [6.45, 7) is 9.90. The number of amides is 1. The fourth-order valence-corrected chi connectivity index (χ4v) is 5.84. The van der Waals surface area contributed by atoms with Crippen LogP contribution in [-0.4, -0.2) is 76.0 Å². The van der Waals surface area contributed by atoms with Crippen molar-refractivity contribution in [3.63, 3.8) is 0 Å². The summed E-state index contributed by atoms with van der Waals surface area (Å²) in [4.78, 5) is 25.3. The number of aromatic nitrogens is 2. The SMILES string of the molecule is CCCCN1CCN(C(=O)C2CCN(Cc3nc4ccccc4n3-c3cccc(Br)c3)CC2)CC1. The van der Waals surface area contributed by atoms with Crippen molar-refractivity contribution in [3.05, 3.63) is 58.8 Å². The molecule has 2 fully saturated rings. The van der Waals surface area contributed by atoms with Gasteiger partial charge in [0.25, 0.3) is 0 Å². The first-order chi connectivity index (χ1) is 17.1. The van der Waals surface area contributed by atoms with E-state index in [0.717, 1.165) is 85.7 Å². The highest BCUT2D eigenvalue weighted by molar-refractivity contribution is 9.10. The van der Waals surface area contributed by atoms with Crippen molar-refractivity contribution in [1.82, 2.24) is 24.3 Å². The van der Waals surface area contributed by atoms with Gasteiger partial charge >= 0.3 is 0 Å². The van der Waals surface area contributed by atoms with Crippen LogP contribution in [0.4, 0.5) is 0 Å². The van der Waals surface area contributed by atoms with Crippen LogP contribution in [0.2, 0.25) is 0 Å². The molecule has 0 N–H and O–H groups in total. The summed E-state index contributed by atoms with van der Waals surface area (Å²) >= 11 is 3.62. The molecule has 0 saturated carbocycles. The molecule has 2 saturated heterocycles. The maximum absolute atomic E-state index is 13.2. The molecule has 0 bridgehead atoms. The first kappa shape index (κ1) is 24.5. The second-order valence-corrected chi connectivity index (χ2v) is 10.8. The van der Waals surface area contributed by atoms with E-state index < -0.39 is 0 Å². The quantitative estimate of drug-likeness (QED) is 0.428. The Balaban J connectivity index is 1.22. The maximum atomic E-state index is 13.2. The molecule has 2 aliphatic heterocycles. The molecule has 3 aromatic rings. The molecular formula is C28H36BrN5O. The molecule has 35 heavy (non-hydrogen) atoms. The molecule has 186 valence electrons. The third-order valence-electron chi connectivity index (χ3n) is 7.51.